The van der Waals surface area contributed by atoms with Crippen LogP contribution in [0.1, 0.15) is 35.4 Å². The third-order valence-corrected chi connectivity index (χ3v) is 3.49. The second kappa shape index (κ2) is 5.42. The van der Waals surface area contributed by atoms with Gasteiger partial charge < -0.3 is 10.0 Å². The zero-order valence-corrected chi connectivity index (χ0v) is 11.3. The van der Waals surface area contributed by atoms with Gasteiger partial charge in [-0.25, -0.2) is 0 Å². The first kappa shape index (κ1) is 13.6. The van der Waals surface area contributed by atoms with Crippen LogP contribution in [0.2, 0.25) is 0 Å². The molecule has 104 valence electrons. The molecule has 1 aliphatic heterocycles. The van der Waals surface area contributed by atoms with Gasteiger partial charge in [-0.2, -0.15) is 5.10 Å². The van der Waals surface area contributed by atoms with Crippen LogP contribution in [0.5, 0.6) is 0 Å². The van der Waals surface area contributed by atoms with Gasteiger partial charge >= 0.3 is 5.97 Å². The molecule has 2 rings (SSSR count). The van der Waals surface area contributed by atoms with E-state index in [9.17, 15) is 9.59 Å². The third-order valence-electron chi connectivity index (χ3n) is 3.49. The van der Waals surface area contributed by atoms with E-state index in [0.29, 0.717) is 18.8 Å². The predicted molar refractivity (Wildman–Crippen MR) is 68.8 cm³/mol. The summed E-state index contributed by atoms with van der Waals surface area (Å²) in [4.78, 5) is 24.9. The van der Waals surface area contributed by atoms with Crippen molar-refractivity contribution in [3.05, 3.63) is 17.5 Å². The summed E-state index contributed by atoms with van der Waals surface area (Å²) in [7, 11) is 1.75. The normalized spacial score (nSPS) is 19.5. The maximum atomic E-state index is 12.4. The van der Waals surface area contributed by atoms with Crippen molar-refractivity contribution in [3.8, 4) is 0 Å². The van der Waals surface area contributed by atoms with Crippen LogP contribution in [0, 0.1) is 12.8 Å². The molecule has 1 amide bonds. The van der Waals surface area contributed by atoms with E-state index >= 15 is 0 Å². The van der Waals surface area contributed by atoms with Crippen LogP contribution < -0.4 is 0 Å². The summed E-state index contributed by atoms with van der Waals surface area (Å²) >= 11 is 0. The molecule has 0 radical (unpaired) electrons. The fourth-order valence-electron chi connectivity index (χ4n) is 2.64. The molecule has 1 aromatic heterocycles. The molecule has 6 heteroatoms. The minimum Gasteiger partial charge on any atom is -0.481 e. The van der Waals surface area contributed by atoms with Crippen LogP contribution in [-0.2, 0) is 11.8 Å². The lowest BCUT2D eigenvalue weighted by Gasteiger charge is -2.32. The number of piperidine rings is 1. The van der Waals surface area contributed by atoms with Crippen molar-refractivity contribution in [2.45, 2.75) is 26.2 Å². The van der Waals surface area contributed by atoms with Crippen molar-refractivity contribution in [2.24, 2.45) is 13.0 Å². The number of carbonyl (C=O) groups is 2. The van der Waals surface area contributed by atoms with Gasteiger partial charge in [-0.05, 0) is 31.7 Å². The molecule has 0 aromatic carbocycles. The smallest absolute Gasteiger partial charge is 0.303 e. The summed E-state index contributed by atoms with van der Waals surface area (Å²) in [6, 6.07) is 1.77. The van der Waals surface area contributed by atoms with Crippen molar-refractivity contribution in [3.63, 3.8) is 0 Å². The summed E-state index contributed by atoms with van der Waals surface area (Å²) < 4.78 is 1.58. The van der Waals surface area contributed by atoms with Gasteiger partial charge in [0.1, 0.15) is 5.69 Å². The van der Waals surface area contributed by atoms with E-state index in [1.807, 2.05) is 6.92 Å². The van der Waals surface area contributed by atoms with E-state index in [0.717, 1.165) is 18.5 Å². The SMILES string of the molecule is Cc1cc(C(=O)N2CCCC(CC(=O)O)C2)n(C)n1. The molecule has 1 atom stereocenters. The van der Waals surface area contributed by atoms with Gasteiger partial charge in [0.25, 0.3) is 5.91 Å². The van der Waals surface area contributed by atoms with Crippen LogP contribution >= 0.6 is 0 Å². The number of carboxylic acids is 1. The molecule has 0 bridgehead atoms. The van der Waals surface area contributed by atoms with Crippen molar-refractivity contribution in [2.75, 3.05) is 13.1 Å². The minimum absolute atomic E-state index is 0.0572. The first-order valence-electron chi connectivity index (χ1n) is 6.49. The molecule has 6 nitrogen and oxygen atoms in total. The summed E-state index contributed by atoms with van der Waals surface area (Å²) in [5.41, 5.74) is 1.37. The Morgan fingerprint density at radius 1 is 1.53 bits per heavy atom. The number of hydrogen-bond donors (Lipinski definition) is 1. The number of carboxylic acid groups (broad SMARTS) is 1. The number of carbonyl (C=O) groups excluding carboxylic acids is 1. The number of aliphatic carboxylic acids is 1. The summed E-state index contributed by atoms with van der Waals surface area (Å²) in [5.74, 6) is -0.793. The second-order valence-electron chi connectivity index (χ2n) is 5.15. The molecule has 0 aliphatic carbocycles. The molecule has 0 spiro atoms. The Bertz CT molecular complexity index is 495. The quantitative estimate of drug-likeness (QED) is 0.886. The highest BCUT2D eigenvalue weighted by Gasteiger charge is 2.27. The summed E-state index contributed by atoms with van der Waals surface area (Å²) in [6.45, 7) is 3.06. The molecular formula is C13H19N3O3. The van der Waals surface area contributed by atoms with Crippen LogP contribution in [0.25, 0.3) is 0 Å². The van der Waals surface area contributed by atoms with Crippen LogP contribution in [-0.4, -0.2) is 44.8 Å². The number of aromatic nitrogens is 2. The van der Waals surface area contributed by atoms with E-state index in [-0.39, 0.29) is 18.2 Å². The Kier molecular flexibility index (Phi) is 3.87. The molecular weight excluding hydrogens is 246 g/mol. The number of rotatable bonds is 3. The Labute approximate surface area is 112 Å². The van der Waals surface area contributed by atoms with E-state index in [2.05, 4.69) is 5.10 Å². The second-order valence-corrected chi connectivity index (χ2v) is 5.15. The minimum atomic E-state index is -0.796. The zero-order chi connectivity index (χ0) is 14.0. The average Bonchev–Trinajstić information content (AvgIpc) is 2.67. The lowest BCUT2D eigenvalue weighted by atomic mass is 9.94. The molecule has 1 aliphatic rings. The monoisotopic (exact) mass is 265 g/mol. The van der Waals surface area contributed by atoms with Crippen molar-refractivity contribution >= 4 is 11.9 Å². The van der Waals surface area contributed by atoms with Crippen molar-refractivity contribution in [1.29, 1.82) is 0 Å². The van der Waals surface area contributed by atoms with E-state index in [1.54, 1.807) is 22.7 Å². The van der Waals surface area contributed by atoms with E-state index in [4.69, 9.17) is 5.11 Å². The van der Waals surface area contributed by atoms with Gasteiger partial charge in [0.05, 0.1) is 5.69 Å². The predicted octanol–water partition coefficient (Wildman–Crippen LogP) is 1.06. The lowest BCUT2D eigenvalue weighted by Crippen LogP contribution is -2.41. The first-order valence-corrected chi connectivity index (χ1v) is 6.49. The van der Waals surface area contributed by atoms with Crippen LogP contribution in [0.15, 0.2) is 6.07 Å². The Morgan fingerprint density at radius 3 is 2.84 bits per heavy atom. The summed E-state index contributed by atoms with van der Waals surface area (Å²) in [5, 5.41) is 13.0. The highest BCUT2D eigenvalue weighted by Crippen LogP contribution is 2.21. The number of hydrogen-bond acceptors (Lipinski definition) is 3. The fraction of sp³-hybridized carbons (Fsp3) is 0.615. The maximum Gasteiger partial charge on any atom is 0.303 e. The molecule has 1 N–H and O–H groups in total. The van der Waals surface area contributed by atoms with Gasteiger partial charge in [-0.15, -0.1) is 0 Å². The van der Waals surface area contributed by atoms with Gasteiger partial charge in [-0.3, -0.25) is 14.3 Å². The Balaban J connectivity index is 2.07. The van der Waals surface area contributed by atoms with Crippen LogP contribution in [0.3, 0.4) is 0 Å². The molecule has 1 aromatic rings. The Morgan fingerprint density at radius 2 is 2.26 bits per heavy atom. The molecule has 1 fully saturated rings. The number of nitrogens with zero attached hydrogens (tertiary/aromatic N) is 3. The first-order chi connectivity index (χ1) is 8.97. The lowest BCUT2D eigenvalue weighted by molar-refractivity contribution is -0.138. The fourth-order valence-corrected chi connectivity index (χ4v) is 2.64. The Hall–Kier alpha value is -1.85. The molecule has 19 heavy (non-hydrogen) atoms. The standard InChI is InChI=1S/C13H19N3O3/c1-9-6-11(15(2)14-9)13(19)16-5-3-4-10(8-16)7-12(17)18/h6,10H,3-5,7-8H2,1-2H3,(H,17,18). The zero-order valence-electron chi connectivity index (χ0n) is 11.3. The van der Waals surface area contributed by atoms with Crippen molar-refractivity contribution in [1.82, 2.24) is 14.7 Å². The molecule has 1 saturated heterocycles. The summed E-state index contributed by atoms with van der Waals surface area (Å²) in [6.07, 6.45) is 1.87. The highest BCUT2D eigenvalue weighted by molar-refractivity contribution is 5.92. The average molecular weight is 265 g/mol. The molecule has 1 unspecified atom stereocenters. The molecule has 0 saturated carbocycles. The van der Waals surface area contributed by atoms with Gasteiger partial charge in [0.15, 0.2) is 0 Å². The number of aryl methyl sites for hydroxylation is 2. The third kappa shape index (κ3) is 3.13. The topological polar surface area (TPSA) is 75.4 Å². The van der Waals surface area contributed by atoms with E-state index in [1.165, 1.54) is 0 Å². The largest absolute Gasteiger partial charge is 0.481 e. The van der Waals surface area contributed by atoms with Gasteiger partial charge in [0.2, 0.25) is 0 Å². The van der Waals surface area contributed by atoms with Gasteiger partial charge in [-0.1, -0.05) is 0 Å². The molecule has 2 heterocycles. The van der Waals surface area contributed by atoms with Gasteiger partial charge in [0, 0.05) is 26.6 Å². The number of likely N-dealkylation sites (tertiary alicyclic amines) is 1. The van der Waals surface area contributed by atoms with Crippen molar-refractivity contribution < 1.29 is 14.7 Å². The van der Waals surface area contributed by atoms with Crippen LogP contribution in [0.4, 0.5) is 0 Å². The van der Waals surface area contributed by atoms with E-state index < -0.39 is 5.97 Å². The highest BCUT2D eigenvalue weighted by atomic mass is 16.4. The maximum absolute atomic E-state index is 12.4. The number of amides is 1.